The van der Waals surface area contributed by atoms with Gasteiger partial charge in [-0.15, -0.1) is 11.8 Å². The first-order valence-electron chi connectivity index (χ1n) is 10.4. The molecule has 2 amide bonds. The number of carbonyl (C=O) groups excluding carboxylic acids is 2. The summed E-state index contributed by atoms with van der Waals surface area (Å²) in [6, 6.07) is 19.8. The quantitative estimate of drug-likeness (QED) is 0.587. The van der Waals surface area contributed by atoms with Gasteiger partial charge in [0.2, 0.25) is 11.8 Å². The van der Waals surface area contributed by atoms with Crippen molar-refractivity contribution in [3.05, 3.63) is 71.9 Å². The number of anilines is 1. The number of hydrogen-bond donors (Lipinski definition) is 0. The molecular weight excluding hydrogens is 408 g/mol. The second-order valence-electron chi connectivity index (χ2n) is 7.62. The zero-order chi connectivity index (χ0) is 21.8. The zero-order valence-corrected chi connectivity index (χ0v) is 18.6. The average Bonchev–Trinajstić information content (AvgIpc) is 3.15. The molecule has 31 heavy (non-hydrogen) atoms. The van der Waals surface area contributed by atoms with Gasteiger partial charge in [0.25, 0.3) is 0 Å². The smallest absolute Gasteiger partial charge is 0.227 e. The minimum Gasteiger partial charge on any atom is -0.341 e. The van der Waals surface area contributed by atoms with Gasteiger partial charge in [-0.05, 0) is 24.6 Å². The number of thioether (sulfide) groups is 1. The summed E-state index contributed by atoms with van der Waals surface area (Å²) < 4.78 is 1.91. The molecule has 0 bridgehead atoms. The van der Waals surface area contributed by atoms with Crippen LogP contribution in [0.3, 0.4) is 0 Å². The van der Waals surface area contributed by atoms with Crippen LogP contribution in [0.15, 0.2) is 65.7 Å². The Morgan fingerprint density at radius 3 is 2.42 bits per heavy atom. The van der Waals surface area contributed by atoms with Crippen LogP contribution in [0.1, 0.15) is 24.1 Å². The zero-order valence-electron chi connectivity index (χ0n) is 17.8. The van der Waals surface area contributed by atoms with Crippen molar-refractivity contribution in [1.82, 2.24) is 14.7 Å². The highest BCUT2D eigenvalue weighted by Crippen LogP contribution is 2.39. The van der Waals surface area contributed by atoms with Crippen molar-refractivity contribution in [2.75, 3.05) is 24.2 Å². The van der Waals surface area contributed by atoms with E-state index in [2.05, 4.69) is 0 Å². The largest absolute Gasteiger partial charge is 0.341 e. The number of fused-ring (bicyclic) bond motifs is 1. The van der Waals surface area contributed by atoms with Crippen molar-refractivity contribution in [3.63, 3.8) is 0 Å². The van der Waals surface area contributed by atoms with Gasteiger partial charge in [0.1, 0.15) is 5.03 Å². The summed E-state index contributed by atoms with van der Waals surface area (Å²) in [5, 5.41) is 5.67. The molecule has 2 aromatic carbocycles. The Kier molecular flexibility index (Phi) is 6.42. The van der Waals surface area contributed by atoms with Gasteiger partial charge < -0.3 is 9.80 Å². The number of amides is 2. The molecule has 1 aliphatic rings. The molecule has 6 nitrogen and oxygen atoms in total. The van der Waals surface area contributed by atoms with Crippen molar-refractivity contribution >= 4 is 29.3 Å². The highest BCUT2D eigenvalue weighted by Gasteiger charge is 2.30. The lowest BCUT2D eigenvalue weighted by atomic mass is 10.2. The van der Waals surface area contributed by atoms with Crippen LogP contribution in [-0.4, -0.2) is 45.8 Å². The normalized spacial score (nSPS) is 13.0. The van der Waals surface area contributed by atoms with Crippen molar-refractivity contribution in [1.29, 1.82) is 0 Å². The summed E-state index contributed by atoms with van der Waals surface area (Å²) >= 11 is 1.71. The fourth-order valence-corrected chi connectivity index (χ4v) is 4.89. The standard InChI is InChI=1S/C24H26N4O2S/c1-18-23-24(28(25-18)20-11-7-4-8-12-20)31-16-15-27(23)22(30)14-13-21(29)26(2)17-19-9-5-3-6-10-19/h3-12H,13-17H2,1-2H3. The molecule has 7 heteroatoms. The second-order valence-corrected chi connectivity index (χ2v) is 8.70. The van der Waals surface area contributed by atoms with E-state index in [0.717, 1.165) is 33.4 Å². The maximum atomic E-state index is 13.1. The Hall–Kier alpha value is -3.06. The number of aryl methyl sites for hydroxylation is 1. The van der Waals surface area contributed by atoms with Crippen LogP contribution in [-0.2, 0) is 16.1 Å². The summed E-state index contributed by atoms with van der Waals surface area (Å²) in [4.78, 5) is 29.1. The topological polar surface area (TPSA) is 58.4 Å². The van der Waals surface area contributed by atoms with E-state index in [9.17, 15) is 9.59 Å². The second kappa shape index (κ2) is 9.39. The number of aromatic nitrogens is 2. The van der Waals surface area contributed by atoms with Crippen LogP contribution >= 0.6 is 11.8 Å². The van der Waals surface area contributed by atoms with Crippen LogP contribution in [0.25, 0.3) is 5.69 Å². The Balaban J connectivity index is 1.43. The van der Waals surface area contributed by atoms with Crippen LogP contribution in [0.4, 0.5) is 5.69 Å². The predicted molar refractivity (Wildman–Crippen MR) is 124 cm³/mol. The van der Waals surface area contributed by atoms with Gasteiger partial charge in [-0.3, -0.25) is 9.59 Å². The van der Waals surface area contributed by atoms with Gasteiger partial charge in [0, 0.05) is 38.7 Å². The number of para-hydroxylation sites is 1. The van der Waals surface area contributed by atoms with Crippen LogP contribution in [0.2, 0.25) is 0 Å². The predicted octanol–water partition coefficient (Wildman–Crippen LogP) is 4.06. The van der Waals surface area contributed by atoms with Gasteiger partial charge >= 0.3 is 0 Å². The summed E-state index contributed by atoms with van der Waals surface area (Å²) in [6.45, 7) is 3.11. The van der Waals surface area contributed by atoms with E-state index < -0.39 is 0 Å². The fourth-order valence-electron chi connectivity index (χ4n) is 3.76. The van der Waals surface area contributed by atoms with Crippen LogP contribution in [0, 0.1) is 6.92 Å². The summed E-state index contributed by atoms with van der Waals surface area (Å²) in [7, 11) is 1.78. The molecule has 0 atom stereocenters. The van der Waals surface area contributed by atoms with Crippen molar-refractivity contribution < 1.29 is 9.59 Å². The summed E-state index contributed by atoms with van der Waals surface area (Å²) in [5.74, 6) is 0.748. The first-order chi connectivity index (χ1) is 15.0. The Morgan fingerprint density at radius 2 is 1.71 bits per heavy atom. The third-order valence-electron chi connectivity index (χ3n) is 5.35. The lowest BCUT2D eigenvalue weighted by molar-refractivity contribution is -0.132. The first kappa shape index (κ1) is 21.2. The van der Waals surface area contributed by atoms with Gasteiger partial charge in [-0.2, -0.15) is 5.10 Å². The van der Waals surface area contributed by atoms with Crippen LogP contribution in [0.5, 0.6) is 0 Å². The van der Waals surface area contributed by atoms with Crippen LogP contribution < -0.4 is 4.90 Å². The molecule has 0 unspecified atom stereocenters. The Bertz CT molecular complexity index is 1070. The highest BCUT2D eigenvalue weighted by atomic mass is 32.2. The summed E-state index contributed by atoms with van der Waals surface area (Å²) in [6.07, 6.45) is 0.394. The van der Waals surface area contributed by atoms with E-state index in [-0.39, 0.29) is 24.7 Å². The third-order valence-corrected chi connectivity index (χ3v) is 6.38. The van der Waals surface area contributed by atoms with E-state index in [1.807, 2.05) is 72.3 Å². The minimum absolute atomic E-state index is 0.0273. The highest BCUT2D eigenvalue weighted by molar-refractivity contribution is 7.99. The van der Waals surface area contributed by atoms with Crippen molar-refractivity contribution in [2.45, 2.75) is 31.3 Å². The van der Waals surface area contributed by atoms with Gasteiger partial charge in [0.15, 0.2) is 0 Å². The third kappa shape index (κ3) is 4.66. The van der Waals surface area contributed by atoms with Crippen molar-refractivity contribution in [2.24, 2.45) is 0 Å². The number of rotatable bonds is 6. The molecule has 0 fully saturated rings. The first-order valence-corrected chi connectivity index (χ1v) is 11.4. The van der Waals surface area contributed by atoms with Gasteiger partial charge in [-0.1, -0.05) is 48.5 Å². The maximum Gasteiger partial charge on any atom is 0.227 e. The van der Waals surface area contributed by atoms with E-state index in [1.54, 1.807) is 28.6 Å². The molecule has 4 rings (SSSR count). The molecule has 0 radical (unpaired) electrons. The van der Waals surface area contributed by atoms with E-state index in [0.29, 0.717) is 13.1 Å². The van der Waals surface area contributed by atoms with E-state index in [1.165, 1.54) is 0 Å². The molecule has 160 valence electrons. The molecule has 0 aliphatic carbocycles. The lowest BCUT2D eigenvalue weighted by Gasteiger charge is -2.28. The number of carbonyl (C=O) groups is 2. The summed E-state index contributed by atoms with van der Waals surface area (Å²) in [5.41, 5.74) is 3.75. The maximum absolute atomic E-state index is 13.1. The lowest BCUT2D eigenvalue weighted by Crippen LogP contribution is -2.36. The van der Waals surface area contributed by atoms with Gasteiger partial charge in [0.05, 0.1) is 17.1 Å². The number of benzene rings is 2. The van der Waals surface area contributed by atoms with Gasteiger partial charge in [-0.25, -0.2) is 4.68 Å². The molecule has 3 aromatic rings. The molecule has 0 N–H and O–H groups in total. The fraction of sp³-hybridized carbons (Fsp3) is 0.292. The molecule has 0 saturated heterocycles. The number of nitrogens with zero attached hydrogens (tertiary/aromatic N) is 4. The Labute approximate surface area is 186 Å². The Morgan fingerprint density at radius 1 is 1.03 bits per heavy atom. The molecule has 2 heterocycles. The number of hydrogen-bond acceptors (Lipinski definition) is 4. The SMILES string of the molecule is Cc1nn(-c2ccccc2)c2c1N(C(=O)CCC(=O)N(C)Cc1ccccc1)CCS2. The molecule has 0 spiro atoms. The minimum atomic E-state index is -0.0290. The molecule has 1 aromatic heterocycles. The monoisotopic (exact) mass is 434 g/mol. The van der Waals surface area contributed by atoms with E-state index in [4.69, 9.17) is 5.10 Å². The van der Waals surface area contributed by atoms with E-state index >= 15 is 0 Å². The average molecular weight is 435 g/mol. The molecule has 0 saturated carbocycles. The molecule has 1 aliphatic heterocycles. The van der Waals surface area contributed by atoms with Crippen molar-refractivity contribution in [3.8, 4) is 5.69 Å². The molecular formula is C24H26N4O2S.